The van der Waals surface area contributed by atoms with Crippen LogP contribution in [0.1, 0.15) is 6.42 Å². The van der Waals surface area contributed by atoms with Gasteiger partial charge in [0.15, 0.2) is 0 Å². The van der Waals surface area contributed by atoms with E-state index in [0.29, 0.717) is 5.69 Å². The summed E-state index contributed by atoms with van der Waals surface area (Å²) in [5.74, 6) is -0.312. The van der Waals surface area contributed by atoms with Crippen molar-refractivity contribution in [3.8, 4) is 0 Å². The summed E-state index contributed by atoms with van der Waals surface area (Å²) in [6.45, 7) is 4.42. The van der Waals surface area contributed by atoms with Crippen molar-refractivity contribution in [1.82, 2.24) is 0 Å². The summed E-state index contributed by atoms with van der Waals surface area (Å²) in [7, 11) is 0. The van der Waals surface area contributed by atoms with Crippen molar-refractivity contribution in [2.24, 2.45) is 0 Å². The van der Waals surface area contributed by atoms with Crippen LogP contribution < -0.4 is 11.1 Å². The maximum Gasteiger partial charge on any atom is 0.125 e. The molecule has 0 bridgehead atoms. The highest BCUT2D eigenvalue weighted by atomic mass is 19.1. The Morgan fingerprint density at radius 1 is 1.50 bits per heavy atom. The molecule has 0 aliphatic rings. The van der Waals surface area contributed by atoms with Crippen LogP contribution in [0.3, 0.4) is 0 Å². The molecule has 0 saturated carbocycles. The van der Waals surface area contributed by atoms with Gasteiger partial charge in [-0.2, -0.15) is 0 Å². The smallest absolute Gasteiger partial charge is 0.125 e. The van der Waals surface area contributed by atoms with Crippen LogP contribution >= 0.6 is 0 Å². The van der Waals surface area contributed by atoms with Gasteiger partial charge in [-0.25, -0.2) is 4.39 Å². The molecular weight excluding hydrogens is 155 g/mol. The van der Waals surface area contributed by atoms with Gasteiger partial charge in [0.1, 0.15) is 5.82 Å². The molecule has 0 amide bonds. The summed E-state index contributed by atoms with van der Waals surface area (Å²) in [6.07, 6.45) is 0.775. The molecule has 1 radical (unpaired) electrons. The third-order valence-corrected chi connectivity index (χ3v) is 1.51. The van der Waals surface area contributed by atoms with Gasteiger partial charge in [0, 0.05) is 6.54 Å². The molecule has 12 heavy (non-hydrogen) atoms. The Morgan fingerprint density at radius 2 is 2.25 bits per heavy atom. The second kappa shape index (κ2) is 3.95. The fourth-order valence-electron chi connectivity index (χ4n) is 0.918. The highest BCUT2D eigenvalue weighted by molar-refractivity contribution is 5.65. The second-order valence-corrected chi connectivity index (χ2v) is 2.51. The molecule has 0 spiro atoms. The second-order valence-electron chi connectivity index (χ2n) is 2.51. The third kappa shape index (κ3) is 2.12. The number of halogens is 1. The van der Waals surface area contributed by atoms with Gasteiger partial charge in [-0.05, 0) is 24.6 Å². The van der Waals surface area contributed by atoms with Gasteiger partial charge in [0.2, 0.25) is 0 Å². The quantitative estimate of drug-likeness (QED) is 0.676. The van der Waals surface area contributed by atoms with Crippen LogP contribution in [0.5, 0.6) is 0 Å². The molecule has 0 aliphatic heterocycles. The lowest BCUT2D eigenvalue weighted by atomic mass is 10.2. The zero-order valence-electron chi connectivity index (χ0n) is 6.81. The molecule has 0 atom stereocenters. The molecule has 0 saturated heterocycles. The monoisotopic (exact) mass is 167 g/mol. The van der Waals surface area contributed by atoms with Crippen molar-refractivity contribution < 1.29 is 4.39 Å². The van der Waals surface area contributed by atoms with E-state index < -0.39 is 0 Å². The summed E-state index contributed by atoms with van der Waals surface area (Å²) in [5, 5.41) is 3.04. The molecule has 65 valence electrons. The van der Waals surface area contributed by atoms with Crippen LogP contribution in [0.25, 0.3) is 0 Å². The van der Waals surface area contributed by atoms with Crippen molar-refractivity contribution >= 4 is 11.4 Å². The van der Waals surface area contributed by atoms with Gasteiger partial charge >= 0.3 is 0 Å². The van der Waals surface area contributed by atoms with Crippen LogP contribution in [0.4, 0.5) is 15.8 Å². The van der Waals surface area contributed by atoms with Crippen molar-refractivity contribution in [2.75, 3.05) is 17.6 Å². The number of nitrogens with one attached hydrogen (secondary N) is 1. The van der Waals surface area contributed by atoms with Crippen molar-refractivity contribution in [1.29, 1.82) is 0 Å². The number of anilines is 2. The van der Waals surface area contributed by atoms with E-state index in [2.05, 4.69) is 12.2 Å². The van der Waals surface area contributed by atoms with Crippen LogP contribution in [-0.2, 0) is 0 Å². The first-order chi connectivity index (χ1) is 5.74. The number of rotatable bonds is 3. The van der Waals surface area contributed by atoms with E-state index in [1.165, 1.54) is 12.1 Å². The fourth-order valence-corrected chi connectivity index (χ4v) is 0.918. The molecule has 0 unspecified atom stereocenters. The van der Waals surface area contributed by atoms with Crippen LogP contribution in [-0.4, -0.2) is 6.54 Å². The van der Waals surface area contributed by atoms with Crippen molar-refractivity contribution in [3.63, 3.8) is 0 Å². The molecule has 0 aromatic heterocycles. The standard InChI is InChI=1S/C9H12FN2/c1-2-5-12-9-4-3-7(10)6-8(9)11/h3-4,6,12H,1-2,5,11H2. The molecule has 1 aromatic rings. The van der Waals surface area contributed by atoms with E-state index in [1.54, 1.807) is 6.07 Å². The lowest BCUT2D eigenvalue weighted by Gasteiger charge is -2.07. The van der Waals surface area contributed by atoms with Gasteiger partial charge in [0.25, 0.3) is 0 Å². The van der Waals surface area contributed by atoms with E-state index in [0.717, 1.165) is 18.7 Å². The summed E-state index contributed by atoms with van der Waals surface area (Å²) in [6, 6.07) is 4.30. The van der Waals surface area contributed by atoms with Gasteiger partial charge in [0.05, 0.1) is 11.4 Å². The number of hydrogen-bond donors (Lipinski definition) is 2. The number of nitrogen functional groups attached to an aromatic ring is 1. The fraction of sp³-hybridized carbons (Fsp3) is 0.222. The normalized spacial score (nSPS) is 9.83. The Labute approximate surface area is 71.6 Å². The predicted molar refractivity (Wildman–Crippen MR) is 49.3 cm³/mol. The number of nitrogens with two attached hydrogens (primary N) is 1. The van der Waals surface area contributed by atoms with Crippen LogP contribution in [0, 0.1) is 12.7 Å². The predicted octanol–water partition coefficient (Wildman–Crippen LogP) is 2.04. The van der Waals surface area contributed by atoms with E-state index in [9.17, 15) is 4.39 Å². The maximum absolute atomic E-state index is 12.5. The Kier molecular flexibility index (Phi) is 2.91. The first kappa shape index (κ1) is 8.84. The van der Waals surface area contributed by atoms with E-state index >= 15 is 0 Å². The highest BCUT2D eigenvalue weighted by Gasteiger charge is 1.98. The third-order valence-electron chi connectivity index (χ3n) is 1.51. The minimum absolute atomic E-state index is 0.312. The topological polar surface area (TPSA) is 38.0 Å². The van der Waals surface area contributed by atoms with Crippen molar-refractivity contribution in [2.45, 2.75) is 6.42 Å². The maximum atomic E-state index is 12.5. The van der Waals surface area contributed by atoms with Gasteiger partial charge in [-0.15, -0.1) is 0 Å². The van der Waals surface area contributed by atoms with E-state index in [1.807, 2.05) is 0 Å². The Hall–Kier alpha value is -1.25. The Balaban J connectivity index is 2.72. The minimum atomic E-state index is -0.312. The summed E-state index contributed by atoms with van der Waals surface area (Å²) in [4.78, 5) is 0. The van der Waals surface area contributed by atoms with E-state index in [-0.39, 0.29) is 5.82 Å². The highest BCUT2D eigenvalue weighted by Crippen LogP contribution is 2.18. The van der Waals surface area contributed by atoms with Gasteiger partial charge in [-0.3, -0.25) is 0 Å². The van der Waals surface area contributed by atoms with Crippen LogP contribution in [0.2, 0.25) is 0 Å². The number of benzene rings is 1. The zero-order valence-corrected chi connectivity index (χ0v) is 6.81. The van der Waals surface area contributed by atoms with Crippen molar-refractivity contribution in [3.05, 3.63) is 30.9 Å². The molecule has 3 heteroatoms. The first-order valence-electron chi connectivity index (χ1n) is 3.82. The SMILES string of the molecule is [CH2]CCNc1ccc(F)cc1N. The molecule has 0 heterocycles. The molecule has 0 fully saturated rings. The van der Waals surface area contributed by atoms with E-state index in [4.69, 9.17) is 5.73 Å². The number of hydrogen-bond acceptors (Lipinski definition) is 2. The average Bonchev–Trinajstić information content (AvgIpc) is 2.03. The zero-order chi connectivity index (χ0) is 8.97. The molecule has 2 nitrogen and oxygen atoms in total. The molecule has 3 N–H and O–H groups in total. The summed E-state index contributed by atoms with van der Waals surface area (Å²) in [5.41, 5.74) is 6.74. The summed E-state index contributed by atoms with van der Waals surface area (Å²) < 4.78 is 12.5. The molecule has 1 rings (SSSR count). The average molecular weight is 167 g/mol. The first-order valence-corrected chi connectivity index (χ1v) is 3.82. The molecular formula is C9H12FN2. The lowest BCUT2D eigenvalue weighted by Crippen LogP contribution is -2.03. The molecule has 0 aliphatic carbocycles. The van der Waals surface area contributed by atoms with Crippen LogP contribution in [0.15, 0.2) is 18.2 Å². The van der Waals surface area contributed by atoms with Gasteiger partial charge < -0.3 is 11.1 Å². The lowest BCUT2D eigenvalue weighted by molar-refractivity contribution is 0.628. The summed E-state index contributed by atoms with van der Waals surface area (Å²) >= 11 is 0. The molecule has 1 aromatic carbocycles. The largest absolute Gasteiger partial charge is 0.397 e. The Bertz CT molecular complexity index is 261. The minimum Gasteiger partial charge on any atom is -0.397 e. The van der Waals surface area contributed by atoms with Gasteiger partial charge in [-0.1, -0.05) is 6.92 Å². The Morgan fingerprint density at radius 3 is 2.83 bits per heavy atom.